The van der Waals surface area contributed by atoms with Gasteiger partial charge in [0.15, 0.2) is 17.5 Å². The molecule has 0 N–H and O–H groups in total. The van der Waals surface area contributed by atoms with E-state index in [0.717, 1.165) is 18.2 Å². The highest BCUT2D eigenvalue weighted by molar-refractivity contribution is 8.31. The third-order valence-electron chi connectivity index (χ3n) is 0.904. The Morgan fingerprint density at radius 1 is 1.00 bits per heavy atom. The Bertz CT molecular complexity index is 379. The Balaban J connectivity index is 0.000000292. The van der Waals surface area contributed by atoms with Gasteiger partial charge < -0.3 is 0 Å². The first-order valence-electron chi connectivity index (χ1n) is 2.95. The highest BCUT2D eigenvalue weighted by Crippen LogP contribution is 2.07. The minimum Gasteiger partial charge on any atom is -0.204 e. The molecular formula is C6H3Cl2F3O2S. The lowest BCUT2D eigenvalue weighted by Gasteiger charge is -1.90. The molecule has 1 rings (SSSR count). The van der Waals surface area contributed by atoms with Crippen molar-refractivity contribution in [3.05, 3.63) is 35.7 Å². The molecule has 0 aliphatic heterocycles. The van der Waals surface area contributed by atoms with E-state index >= 15 is 0 Å². The maximum Gasteiger partial charge on any atom is 0.317 e. The average Bonchev–Trinajstić information content (AvgIpc) is 1.97. The van der Waals surface area contributed by atoms with Crippen molar-refractivity contribution in [2.45, 2.75) is 0 Å². The van der Waals surface area contributed by atoms with Crippen molar-refractivity contribution < 1.29 is 21.6 Å². The monoisotopic (exact) mass is 266 g/mol. The molecule has 0 saturated heterocycles. The molecule has 0 fully saturated rings. The molecule has 1 aromatic carbocycles. The van der Waals surface area contributed by atoms with Crippen LogP contribution in [0.15, 0.2) is 18.2 Å². The second kappa shape index (κ2) is 5.43. The van der Waals surface area contributed by atoms with Gasteiger partial charge in [-0.1, -0.05) is 6.07 Å². The molecule has 2 nitrogen and oxygen atoms in total. The van der Waals surface area contributed by atoms with Crippen LogP contribution >= 0.6 is 21.4 Å². The Labute approximate surface area is 87.2 Å². The molecular weight excluding hydrogens is 264 g/mol. The van der Waals surface area contributed by atoms with Crippen LogP contribution in [0, 0.1) is 17.5 Å². The molecule has 0 bridgehead atoms. The highest BCUT2D eigenvalue weighted by Gasteiger charge is 2.04. The van der Waals surface area contributed by atoms with Crippen LogP contribution in [0.25, 0.3) is 0 Å². The predicted octanol–water partition coefficient (Wildman–Crippen LogP) is 2.81. The van der Waals surface area contributed by atoms with Crippen molar-refractivity contribution in [2.24, 2.45) is 0 Å². The third kappa shape index (κ3) is 6.99. The molecule has 8 heteroatoms. The van der Waals surface area contributed by atoms with Crippen molar-refractivity contribution in [3.8, 4) is 0 Å². The third-order valence-corrected chi connectivity index (χ3v) is 0.904. The van der Waals surface area contributed by atoms with Crippen molar-refractivity contribution >= 4 is 29.6 Å². The Morgan fingerprint density at radius 3 is 1.50 bits per heavy atom. The molecule has 0 spiro atoms. The Morgan fingerprint density at radius 2 is 1.29 bits per heavy atom. The Hall–Kier alpha value is -0.460. The summed E-state index contributed by atoms with van der Waals surface area (Å²) < 4.78 is 54.2. The lowest BCUT2D eigenvalue weighted by atomic mass is 10.3. The number of halogens is 5. The summed E-state index contributed by atoms with van der Waals surface area (Å²) in [4.78, 5) is 0. The Kier molecular flexibility index (Phi) is 5.25. The molecule has 0 aromatic heterocycles. The fourth-order valence-electron chi connectivity index (χ4n) is 0.477. The maximum absolute atomic E-state index is 12.0. The molecule has 0 aliphatic carbocycles. The molecule has 0 atom stereocenters. The quantitative estimate of drug-likeness (QED) is 0.535. The van der Waals surface area contributed by atoms with Crippen LogP contribution in [0.5, 0.6) is 0 Å². The van der Waals surface area contributed by atoms with E-state index in [2.05, 4.69) is 21.4 Å². The molecule has 0 radical (unpaired) electrons. The summed E-state index contributed by atoms with van der Waals surface area (Å²) in [6.45, 7) is 0. The molecule has 0 aliphatic rings. The van der Waals surface area contributed by atoms with E-state index < -0.39 is 25.7 Å². The summed E-state index contributed by atoms with van der Waals surface area (Å²) in [5.41, 5.74) is 0. The molecule has 80 valence electrons. The van der Waals surface area contributed by atoms with Crippen LogP contribution in [0.4, 0.5) is 13.2 Å². The zero-order valence-corrected chi connectivity index (χ0v) is 8.67. The van der Waals surface area contributed by atoms with Gasteiger partial charge in [-0.15, -0.1) is 0 Å². The van der Waals surface area contributed by atoms with E-state index in [1.807, 2.05) is 0 Å². The summed E-state index contributed by atoms with van der Waals surface area (Å²) >= 11 is 0. The van der Waals surface area contributed by atoms with Crippen LogP contribution in [0.3, 0.4) is 0 Å². The van der Waals surface area contributed by atoms with Gasteiger partial charge in [0.2, 0.25) is 0 Å². The van der Waals surface area contributed by atoms with Crippen LogP contribution in [0.1, 0.15) is 0 Å². The summed E-state index contributed by atoms with van der Waals surface area (Å²) in [5, 5.41) is 0. The van der Waals surface area contributed by atoms with Crippen molar-refractivity contribution in [1.82, 2.24) is 0 Å². The second-order valence-electron chi connectivity index (χ2n) is 1.91. The number of rotatable bonds is 0. The van der Waals surface area contributed by atoms with Crippen molar-refractivity contribution in [1.29, 1.82) is 0 Å². The van der Waals surface area contributed by atoms with E-state index in [1.54, 1.807) is 0 Å². The van der Waals surface area contributed by atoms with Crippen molar-refractivity contribution in [2.75, 3.05) is 0 Å². The van der Waals surface area contributed by atoms with Gasteiger partial charge in [0, 0.05) is 21.4 Å². The molecule has 0 unspecified atom stereocenters. The average molecular weight is 267 g/mol. The minimum absolute atomic E-state index is 0.860. The topological polar surface area (TPSA) is 34.1 Å². The van der Waals surface area contributed by atoms with Gasteiger partial charge in [-0.25, -0.2) is 13.2 Å². The van der Waals surface area contributed by atoms with Gasteiger partial charge >= 0.3 is 8.26 Å². The SMILES string of the molecule is Fc1cccc(F)c1F.O=S(=O)(Cl)Cl. The molecule has 1 aromatic rings. The molecule has 0 amide bonds. The fraction of sp³-hybridized carbons (Fsp3) is 0. The first kappa shape index (κ1) is 13.5. The largest absolute Gasteiger partial charge is 0.317 e. The van der Waals surface area contributed by atoms with Crippen molar-refractivity contribution in [3.63, 3.8) is 0 Å². The van der Waals surface area contributed by atoms with Crippen LogP contribution in [0.2, 0.25) is 0 Å². The lowest BCUT2D eigenvalue weighted by molar-refractivity contribution is 0.447. The van der Waals surface area contributed by atoms with E-state index in [0.29, 0.717) is 0 Å². The van der Waals surface area contributed by atoms with Gasteiger partial charge in [0.05, 0.1) is 0 Å². The van der Waals surface area contributed by atoms with Gasteiger partial charge in [0.1, 0.15) is 0 Å². The zero-order valence-electron chi connectivity index (χ0n) is 6.35. The smallest absolute Gasteiger partial charge is 0.204 e. The zero-order chi connectivity index (χ0) is 11.4. The number of hydrogen-bond acceptors (Lipinski definition) is 2. The van der Waals surface area contributed by atoms with E-state index in [4.69, 9.17) is 8.42 Å². The van der Waals surface area contributed by atoms with E-state index in [1.165, 1.54) is 0 Å². The first-order chi connectivity index (χ1) is 6.22. The standard InChI is InChI=1S/C6H3F3.Cl2O2S/c7-4-2-1-3-5(8)6(4)9;1-5(2,3)4/h1-3H;. The summed E-state index contributed by atoms with van der Waals surface area (Å²) in [6, 6.07) is 2.82. The summed E-state index contributed by atoms with van der Waals surface area (Å²) in [6.07, 6.45) is 0. The van der Waals surface area contributed by atoms with Crippen LogP contribution in [-0.4, -0.2) is 8.42 Å². The fourth-order valence-corrected chi connectivity index (χ4v) is 0.477. The predicted molar refractivity (Wildman–Crippen MR) is 46.9 cm³/mol. The van der Waals surface area contributed by atoms with Crippen LogP contribution < -0.4 is 0 Å². The molecule has 0 saturated carbocycles. The minimum atomic E-state index is -3.72. The van der Waals surface area contributed by atoms with Gasteiger partial charge in [-0.2, -0.15) is 8.42 Å². The van der Waals surface area contributed by atoms with E-state index in [9.17, 15) is 13.2 Å². The lowest BCUT2D eigenvalue weighted by Crippen LogP contribution is -1.86. The maximum atomic E-state index is 12.0. The normalized spacial score (nSPS) is 10.4. The van der Waals surface area contributed by atoms with Gasteiger partial charge in [0.25, 0.3) is 0 Å². The number of benzene rings is 1. The first-order valence-corrected chi connectivity index (χ1v) is 6.09. The number of hydrogen-bond donors (Lipinski definition) is 0. The molecule has 0 heterocycles. The highest BCUT2D eigenvalue weighted by atomic mass is 36.0. The van der Waals surface area contributed by atoms with Gasteiger partial charge in [-0.05, 0) is 12.1 Å². The summed E-state index contributed by atoms with van der Waals surface area (Å²) in [7, 11) is 4.81. The van der Waals surface area contributed by atoms with Gasteiger partial charge in [-0.3, -0.25) is 0 Å². The van der Waals surface area contributed by atoms with Crippen LogP contribution in [-0.2, 0) is 8.26 Å². The summed E-state index contributed by atoms with van der Waals surface area (Å²) in [5.74, 6) is -3.73. The molecule has 14 heavy (non-hydrogen) atoms. The van der Waals surface area contributed by atoms with E-state index in [-0.39, 0.29) is 0 Å². The second-order valence-corrected chi connectivity index (χ2v) is 5.58.